The van der Waals surface area contributed by atoms with Gasteiger partial charge in [0.1, 0.15) is 9.75 Å². The molecule has 0 N–H and O–H groups in total. The Bertz CT molecular complexity index is 2830. The number of thiophene rings is 2. The summed E-state index contributed by atoms with van der Waals surface area (Å²) in [6.07, 6.45) is 8.30. The summed E-state index contributed by atoms with van der Waals surface area (Å²) in [6, 6.07) is 11.9. The van der Waals surface area contributed by atoms with Crippen molar-refractivity contribution >= 4 is 104 Å². The predicted molar refractivity (Wildman–Crippen MR) is 272 cm³/mol. The lowest BCUT2D eigenvalue weighted by Gasteiger charge is -2.37. The topological polar surface area (TPSA) is 124 Å². The monoisotopic (exact) mass is 1030 g/mol. The average Bonchev–Trinajstić information content (AvgIpc) is 4.07. The van der Waals surface area contributed by atoms with Crippen molar-refractivity contribution in [2.24, 2.45) is 10.8 Å². The van der Waals surface area contributed by atoms with Crippen LogP contribution in [0, 0.1) is 34.5 Å². The van der Waals surface area contributed by atoms with Gasteiger partial charge in [0.15, 0.2) is 0 Å². The molecule has 2 saturated carbocycles. The van der Waals surface area contributed by atoms with Crippen LogP contribution in [-0.2, 0) is 9.47 Å². The third kappa shape index (κ3) is 12.4. The highest BCUT2D eigenvalue weighted by Crippen LogP contribution is 2.42. The van der Waals surface area contributed by atoms with Crippen molar-refractivity contribution in [3.63, 3.8) is 0 Å². The molecular formula is C51H51Cl4N5O6S2. The smallest absolute Gasteiger partial charge is 0.358 e. The summed E-state index contributed by atoms with van der Waals surface area (Å²) in [5.41, 5.74) is 0.00259. The lowest BCUT2D eigenvalue weighted by Crippen LogP contribution is -2.44. The first-order valence-corrected chi connectivity index (χ1v) is 25.4. The fourth-order valence-electron chi connectivity index (χ4n) is 8.27. The van der Waals surface area contributed by atoms with E-state index in [4.69, 9.17) is 55.9 Å². The number of ether oxygens (including phenoxy) is 2. The molecule has 68 heavy (non-hydrogen) atoms. The Morgan fingerprint density at radius 3 is 1.49 bits per heavy atom. The van der Waals surface area contributed by atoms with Crippen molar-refractivity contribution in [2.75, 3.05) is 16.9 Å². The lowest BCUT2D eigenvalue weighted by atomic mass is 9.89. The Labute approximate surface area is 425 Å². The van der Waals surface area contributed by atoms with Crippen molar-refractivity contribution in [3.05, 3.63) is 112 Å². The molecule has 11 nitrogen and oxygen atoms in total. The van der Waals surface area contributed by atoms with Crippen LogP contribution < -0.4 is 9.80 Å². The van der Waals surface area contributed by atoms with Gasteiger partial charge in [-0.1, -0.05) is 75.3 Å². The Balaban J connectivity index is 1.32. The zero-order valence-corrected chi connectivity index (χ0v) is 43.4. The quantitative estimate of drug-likeness (QED) is 0.0769. The van der Waals surface area contributed by atoms with E-state index in [2.05, 4.69) is 34.0 Å². The minimum atomic E-state index is -1.00. The van der Waals surface area contributed by atoms with Crippen molar-refractivity contribution in [2.45, 2.75) is 117 Å². The van der Waals surface area contributed by atoms with Gasteiger partial charge in [0.05, 0.1) is 60.6 Å². The Hall–Kier alpha value is -4.70. The third-order valence-corrected chi connectivity index (χ3v) is 14.7. The number of amides is 2. The van der Waals surface area contributed by atoms with Gasteiger partial charge >= 0.3 is 11.9 Å². The summed E-state index contributed by atoms with van der Waals surface area (Å²) in [4.78, 5) is 63.5. The van der Waals surface area contributed by atoms with Crippen LogP contribution in [0.1, 0.15) is 149 Å². The zero-order chi connectivity index (χ0) is 49.1. The molecule has 0 unspecified atom stereocenters. The van der Waals surface area contributed by atoms with Gasteiger partial charge in [0, 0.05) is 46.3 Å². The number of hydrogen-bond acceptors (Lipinski definition) is 10. The number of esters is 2. The first kappa shape index (κ1) is 51.2. The van der Waals surface area contributed by atoms with Gasteiger partial charge in [-0.05, 0) is 141 Å². The van der Waals surface area contributed by atoms with Gasteiger partial charge in [0.25, 0.3) is 11.8 Å². The van der Waals surface area contributed by atoms with Crippen molar-refractivity contribution in [3.8, 4) is 23.7 Å². The van der Waals surface area contributed by atoms with Crippen LogP contribution in [-0.4, -0.2) is 64.0 Å². The van der Waals surface area contributed by atoms with E-state index < -0.39 is 40.6 Å². The summed E-state index contributed by atoms with van der Waals surface area (Å²) >= 11 is 28.0. The first-order chi connectivity index (χ1) is 32.2. The number of benzene rings is 2. The number of nitrogens with zero attached hydrogens (tertiary/aromatic N) is 5. The van der Waals surface area contributed by atoms with Crippen molar-refractivity contribution in [1.82, 2.24) is 15.0 Å². The van der Waals surface area contributed by atoms with Crippen LogP contribution in [0.15, 0.2) is 60.9 Å². The van der Waals surface area contributed by atoms with Gasteiger partial charge in [-0.15, -0.1) is 27.8 Å². The predicted octanol–water partition coefficient (Wildman–Crippen LogP) is 13.2. The Morgan fingerprint density at radius 1 is 0.662 bits per heavy atom. The van der Waals surface area contributed by atoms with Gasteiger partial charge in [-0.25, -0.2) is 14.3 Å². The highest BCUT2D eigenvalue weighted by atomic mass is 35.5. The summed E-state index contributed by atoms with van der Waals surface area (Å²) in [6.45, 7) is 11.8. The molecule has 0 bridgehead atoms. The highest BCUT2D eigenvalue weighted by Gasteiger charge is 2.39. The van der Waals surface area contributed by atoms with E-state index in [1.54, 1.807) is 59.5 Å². The second-order valence-corrected chi connectivity index (χ2v) is 22.7. The molecular weight excluding hydrogens is 985 g/mol. The van der Waals surface area contributed by atoms with E-state index in [0.29, 0.717) is 71.2 Å². The van der Waals surface area contributed by atoms with E-state index in [1.165, 1.54) is 12.1 Å². The largest absolute Gasteiger partial charge is 0.384 e. The minimum absolute atomic E-state index is 0.00364. The minimum Gasteiger partial charge on any atom is -0.384 e. The van der Waals surface area contributed by atoms with E-state index in [9.17, 15) is 19.2 Å². The van der Waals surface area contributed by atoms with Gasteiger partial charge < -0.3 is 19.3 Å². The second kappa shape index (κ2) is 21.5. The summed E-state index contributed by atoms with van der Waals surface area (Å²) in [5, 5.41) is 9.18. The molecule has 0 spiro atoms. The van der Waals surface area contributed by atoms with Crippen molar-refractivity contribution in [1.29, 1.82) is 0 Å². The molecule has 3 heterocycles. The molecule has 17 heteroatoms. The van der Waals surface area contributed by atoms with E-state index in [0.717, 1.165) is 22.7 Å². The van der Waals surface area contributed by atoms with Crippen LogP contribution in [0.3, 0.4) is 0 Å². The SMILES string of the molecule is COC1CCC(N(C(=O)c2ccc(Cl)cc2Cl)c2cc(C#CC(C)(C)C)sc2C(=O)OC(=O)c2sc(C#CC(C)(C)C)cc2N(C(=O)c2ccc(Cl)cc2Cl)C2CCC(n3ccnn3)CC2)CC1. The van der Waals surface area contributed by atoms with E-state index in [-0.39, 0.29) is 60.5 Å². The Kier molecular flexibility index (Phi) is 16.2. The number of hydrogen-bond donors (Lipinski definition) is 0. The maximum Gasteiger partial charge on any atom is 0.358 e. The van der Waals surface area contributed by atoms with Crippen molar-refractivity contribution < 1.29 is 28.7 Å². The van der Waals surface area contributed by atoms with Gasteiger partial charge in [-0.2, -0.15) is 0 Å². The van der Waals surface area contributed by atoms with Crippen LogP contribution in [0.4, 0.5) is 11.4 Å². The first-order valence-electron chi connectivity index (χ1n) is 22.3. The van der Waals surface area contributed by atoms with Crippen LogP contribution in [0.5, 0.6) is 0 Å². The molecule has 3 aromatic heterocycles. The van der Waals surface area contributed by atoms with E-state index >= 15 is 0 Å². The number of halogens is 4. The number of aromatic nitrogens is 3. The molecule has 0 radical (unpaired) electrons. The zero-order valence-electron chi connectivity index (χ0n) is 38.8. The average molecular weight is 1040 g/mol. The third-order valence-electron chi connectivity index (χ3n) is 11.6. The van der Waals surface area contributed by atoms with Gasteiger partial charge in [-0.3, -0.25) is 9.59 Å². The maximum absolute atomic E-state index is 14.9. The molecule has 5 aromatic rings. The molecule has 356 valence electrons. The summed E-state index contributed by atoms with van der Waals surface area (Å²) in [5.74, 6) is 9.89. The molecule has 2 aliphatic rings. The maximum atomic E-state index is 14.9. The number of anilines is 2. The Morgan fingerprint density at radius 2 is 1.10 bits per heavy atom. The summed E-state index contributed by atoms with van der Waals surface area (Å²) < 4.78 is 13.4. The highest BCUT2D eigenvalue weighted by molar-refractivity contribution is 7.15. The molecule has 0 aliphatic heterocycles. The molecule has 0 saturated heterocycles. The molecule has 2 aliphatic carbocycles. The fraction of sp³-hybridized carbons (Fsp3) is 0.412. The number of carbonyl (C=O) groups excluding carboxylic acids is 4. The molecule has 2 aromatic carbocycles. The normalized spacial score (nSPS) is 18.4. The number of rotatable bonds is 10. The fourth-order valence-corrected chi connectivity index (χ4v) is 11.0. The number of carbonyl (C=O) groups is 4. The van der Waals surface area contributed by atoms with Crippen LogP contribution >= 0.6 is 69.1 Å². The van der Waals surface area contributed by atoms with E-state index in [1.807, 2.05) is 52.4 Å². The summed E-state index contributed by atoms with van der Waals surface area (Å²) in [7, 11) is 1.66. The molecule has 2 amide bonds. The van der Waals surface area contributed by atoms with Crippen LogP contribution in [0.2, 0.25) is 20.1 Å². The molecule has 0 atom stereocenters. The molecule has 7 rings (SSSR count). The lowest BCUT2D eigenvalue weighted by molar-refractivity contribution is 0.0405. The molecule has 2 fully saturated rings. The van der Waals surface area contributed by atoms with Crippen LogP contribution in [0.25, 0.3) is 0 Å². The van der Waals surface area contributed by atoms with Gasteiger partial charge in [0.2, 0.25) is 0 Å². The number of methoxy groups -OCH3 is 1. The standard InChI is InChI=1S/C51H51Cl4N5O6S2/c1-50(2,3)22-20-36-28-42(59(46(61)38-18-8-30(52)26-40(38)54)33-12-10-32(11-13-33)58-25-24-56-57-58)44(67-36)48(63)66-49(64)45-43(29-37(68-45)21-23-51(4,5)6)60(34-14-16-35(65-7)17-15-34)47(62)39-19-9-31(53)27-41(39)55/h8-9,18-19,24-29,32-35H,10-17H2,1-7H3. The second-order valence-electron chi connectivity index (χ2n) is 18.9.